The quantitative estimate of drug-likeness (QED) is 0.754. The van der Waals surface area contributed by atoms with Gasteiger partial charge in [0.2, 0.25) is 15.9 Å². The average molecular weight is 395 g/mol. The molecule has 27 heavy (non-hydrogen) atoms. The van der Waals surface area contributed by atoms with Crippen LogP contribution >= 0.6 is 0 Å². The van der Waals surface area contributed by atoms with Gasteiger partial charge in [0.1, 0.15) is 6.54 Å². The molecule has 1 aliphatic rings. The number of imidazole rings is 1. The molecule has 9 heteroatoms. The molecule has 0 radical (unpaired) electrons. The number of aromatic nitrogens is 2. The predicted octanol–water partition coefficient (Wildman–Crippen LogP) is 1.03. The van der Waals surface area contributed by atoms with Crippen LogP contribution < -0.4 is 5.69 Å². The molecule has 2 aromatic rings. The largest absolute Gasteiger partial charge is 0.372 e. The molecule has 0 saturated carbocycles. The van der Waals surface area contributed by atoms with Gasteiger partial charge in [-0.2, -0.15) is 3.97 Å². The standard InChI is InChI=1S/C18H25N3O5S/c1-4-9-27(24,25)21-16-8-6-5-7-15(16)20(18(21)23)12-17(22)19-10-13(2)26-14(3)11-19/h5-8,13-14H,4,9-12H2,1-3H3. The van der Waals surface area contributed by atoms with Crippen molar-refractivity contribution >= 4 is 27.0 Å². The van der Waals surface area contributed by atoms with Crippen LogP contribution in [-0.2, 0) is 26.1 Å². The van der Waals surface area contributed by atoms with E-state index in [4.69, 9.17) is 4.74 Å². The minimum absolute atomic E-state index is 0.0827. The summed E-state index contributed by atoms with van der Waals surface area (Å²) >= 11 is 0. The normalized spacial score (nSPS) is 20.9. The van der Waals surface area contributed by atoms with Crippen LogP contribution in [0.3, 0.4) is 0 Å². The summed E-state index contributed by atoms with van der Waals surface area (Å²) in [7, 11) is -3.79. The van der Waals surface area contributed by atoms with Crippen molar-refractivity contribution in [1.82, 2.24) is 13.4 Å². The van der Waals surface area contributed by atoms with Crippen molar-refractivity contribution in [2.45, 2.75) is 45.9 Å². The molecule has 2 unspecified atom stereocenters. The highest BCUT2D eigenvalue weighted by atomic mass is 32.2. The van der Waals surface area contributed by atoms with Gasteiger partial charge < -0.3 is 9.64 Å². The van der Waals surface area contributed by atoms with Crippen molar-refractivity contribution < 1.29 is 17.9 Å². The van der Waals surface area contributed by atoms with Crippen LogP contribution in [0.5, 0.6) is 0 Å². The molecule has 0 spiro atoms. The first-order valence-corrected chi connectivity index (χ1v) is 10.7. The third-order valence-corrected chi connectivity index (χ3v) is 6.44. The second-order valence-electron chi connectivity index (χ2n) is 6.99. The van der Waals surface area contributed by atoms with E-state index in [1.54, 1.807) is 36.1 Å². The summed E-state index contributed by atoms with van der Waals surface area (Å²) in [5, 5.41) is 0. The van der Waals surface area contributed by atoms with E-state index in [0.717, 1.165) is 3.97 Å². The van der Waals surface area contributed by atoms with Crippen molar-refractivity contribution in [2.24, 2.45) is 0 Å². The molecule has 0 N–H and O–H groups in total. The smallest absolute Gasteiger partial charge is 0.343 e. The Labute approximate surface area is 158 Å². The maximum Gasteiger partial charge on any atom is 0.343 e. The van der Waals surface area contributed by atoms with Crippen LogP contribution in [-0.4, -0.2) is 58.8 Å². The SMILES string of the molecule is CCCS(=O)(=O)n1c(=O)n(CC(=O)N2CC(C)OC(C)C2)c2ccccc21. The van der Waals surface area contributed by atoms with E-state index in [1.807, 2.05) is 13.8 Å². The number of hydrogen-bond acceptors (Lipinski definition) is 5. The third kappa shape index (κ3) is 3.79. The highest BCUT2D eigenvalue weighted by molar-refractivity contribution is 7.90. The Balaban J connectivity index is 2.02. The number of carbonyl (C=O) groups is 1. The van der Waals surface area contributed by atoms with E-state index in [1.165, 1.54) is 4.57 Å². The monoisotopic (exact) mass is 395 g/mol. The Morgan fingerprint density at radius 1 is 1.15 bits per heavy atom. The maximum absolute atomic E-state index is 12.9. The minimum atomic E-state index is -3.79. The number of hydrogen-bond donors (Lipinski definition) is 0. The molecule has 1 saturated heterocycles. The molecule has 148 valence electrons. The number of morpholine rings is 1. The van der Waals surface area contributed by atoms with Crippen LogP contribution in [0, 0.1) is 0 Å². The van der Waals surface area contributed by atoms with Gasteiger partial charge in [-0.1, -0.05) is 19.1 Å². The van der Waals surface area contributed by atoms with Gasteiger partial charge in [-0.25, -0.2) is 13.2 Å². The first kappa shape index (κ1) is 19.6. The Morgan fingerprint density at radius 2 is 1.74 bits per heavy atom. The predicted molar refractivity (Wildman–Crippen MR) is 102 cm³/mol. The molecular weight excluding hydrogens is 370 g/mol. The Hall–Kier alpha value is -2.13. The van der Waals surface area contributed by atoms with E-state index in [9.17, 15) is 18.0 Å². The van der Waals surface area contributed by atoms with E-state index in [2.05, 4.69) is 0 Å². The molecule has 1 amide bonds. The Morgan fingerprint density at radius 3 is 2.33 bits per heavy atom. The molecule has 1 aromatic heterocycles. The van der Waals surface area contributed by atoms with Crippen LogP contribution in [0.25, 0.3) is 11.0 Å². The lowest BCUT2D eigenvalue weighted by molar-refractivity contribution is -0.143. The summed E-state index contributed by atoms with van der Waals surface area (Å²) in [4.78, 5) is 27.4. The van der Waals surface area contributed by atoms with Gasteiger partial charge in [-0.05, 0) is 32.4 Å². The lowest BCUT2D eigenvalue weighted by Crippen LogP contribution is -2.49. The van der Waals surface area contributed by atoms with E-state index in [-0.39, 0.29) is 30.4 Å². The Kier molecular flexibility index (Phi) is 5.43. The fraction of sp³-hybridized carbons (Fsp3) is 0.556. The number of nitrogens with zero attached hydrogens (tertiary/aromatic N) is 3. The summed E-state index contributed by atoms with van der Waals surface area (Å²) in [6.45, 7) is 6.23. The molecule has 2 heterocycles. The van der Waals surface area contributed by atoms with Crippen molar-refractivity contribution in [2.75, 3.05) is 18.8 Å². The number of para-hydroxylation sites is 2. The first-order chi connectivity index (χ1) is 12.7. The van der Waals surface area contributed by atoms with E-state index in [0.29, 0.717) is 30.5 Å². The van der Waals surface area contributed by atoms with Gasteiger partial charge >= 0.3 is 5.69 Å². The number of ether oxygens (including phenoxy) is 1. The molecule has 3 rings (SSSR count). The lowest BCUT2D eigenvalue weighted by Gasteiger charge is -2.35. The van der Waals surface area contributed by atoms with Crippen molar-refractivity contribution in [1.29, 1.82) is 0 Å². The summed E-state index contributed by atoms with van der Waals surface area (Å²) < 4.78 is 32.9. The number of fused-ring (bicyclic) bond motifs is 1. The van der Waals surface area contributed by atoms with E-state index < -0.39 is 15.7 Å². The molecule has 1 fully saturated rings. The Bertz CT molecular complexity index is 998. The molecule has 8 nitrogen and oxygen atoms in total. The van der Waals surface area contributed by atoms with Crippen LogP contribution in [0.2, 0.25) is 0 Å². The van der Waals surface area contributed by atoms with Gasteiger partial charge in [-0.15, -0.1) is 0 Å². The topological polar surface area (TPSA) is 90.6 Å². The summed E-state index contributed by atoms with van der Waals surface area (Å²) in [5.74, 6) is -0.359. The number of benzene rings is 1. The summed E-state index contributed by atoms with van der Waals surface area (Å²) in [5.41, 5.74) is 0.0321. The highest BCUT2D eigenvalue weighted by Crippen LogP contribution is 2.17. The van der Waals surface area contributed by atoms with Crippen LogP contribution in [0.4, 0.5) is 0 Å². The van der Waals surface area contributed by atoms with Crippen LogP contribution in [0.15, 0.2) is 29.1 Å². The molecule has 0 bridgehead atoms. The molecule has 0 aliphatic carbocycles. The highest BCUT2D eigenvalue weighted by Gasteiger charge is 2.28. The number of carbonyl (C=O) groups excluding carboxylic acids is 1. The van der Waals surface area contributed by atoms with Crippen molar-refractivity contribution in [3.05, 3.63) is 34.7 Å². The molecule has 1 aliphatic heterocycles. The first-order valence-electron chi connectivity index (χ1n) is 9.11. The van der Waals surface area contributed by atoms with Crippen molar-refractivity contribution in [3.8, 4) is 0 Å². The average Bonchev–Trinajstić information content (AvgIpc) is 2.86. The molecule has 1 aromatic carbocycles. The fourth-order valence-corrected chi connectivity index (χ4v) is 5.06. The van der Waals surface area contributed by atoms with Gasteiger partial charge in [0, 0.05) is 13.1 Å². The van der Waals surface area contributed by atoms with Gasteiger partial charge in [0.15, 0.2) is 0 Å². The van der Waals surface area contributed by atoms with Crippen LogP contribution in [0.1, 0.15) is 27.2 Å². The third-order valence-electron chi connectivity index (χ3n) is 4.60. The number of rotatable bonds is 5. The van der Waals surface area contributed by atoms with Gasteiger partial charge in [0.05, 0.1) is 29.0 Å². The summed E-state index contributed by atoms with van der Waals surface area (Å²) in [6, 6.07) is 6.64. The zero-order chi connectivity index (χ0) is 19.8. The summed E-state index contributed by atoms with van der Waals surface area (Å²) in [6.07, 6.45) is 0.234. The lowest BCUT2D eigenvalue weighted by atomic mass is 10.2. The minimum Gasteiger partial charge on any atom is -0.372 e. The van der Waals surface area contributed by atoms with Crippen molar-refractivity contribution in [3.63, 3.8) is 0 Å². The second kappa shape index (κ2) is 7.47. The zero-order valence-corrected chi connectivity index (χ0v) is 16.6. The molecule has 2 atom stereocenters. The number of amides is 1. The maximum atomic E-state index is 12.9. The van der Waals surface area contributed by atoms with E-state index >= 15 is 0 Å². The van der Waals surface area contributed by atoms with Gasteiger partial charge in [-0.3, -0.25) is 9.36 Å². The zero-order valence-electron chi connectivity index (χ0n) is 15.8. The fourth-order valence-electron chi connectivity index (χ4n) is 3.57. The second-order valence-corrected chi connectivity index (χ2v) is 8.93. The molecular formula is C18H25N3O5S. The van der Waals surface area contributed by atoms with Gasteiger partial charge in [0.25, 0.3) is 0 Å².